The van der Waals surface area contributed by atoms with Crippen LogP contribution in [0.3, 0.4) is 0 Å². The van der Waals surface area contributed by atoms with E-state index in [0.29, 0.717) is 16.3 Å². The lowest BCUT2D eigenvalue weighted by Crippen LogP contribution is -2.23. The van der Waals surface area contributed by atoms with E-state index in [4.69, 9.17) is 21.4 Å². The summed E-state index contributed by atoms with van der Waals surface area (Å²) < 4.78 is 5.73. The van der Waals surface area contributed by atoms with Gasteiger partial charge in [-0.15, -0.1) is 0 Å². The Balaban J connectivity index is 1.63. The lowest BCUT2D eigenvalue weighted by atomic mass is 10.1. The van der Waals surface area contributed by atoms with Crippen molar-refractivity contribution in [2.24, 2.45) is 0 Å². The maximum atomic E-state index is 12.5. The van der Waals surface area contributed by atoms with Gasteiger partial charge >= 0.3 is 5.97 Å². The molecule has 0 aliphatic rings. The average Bonchev–Trinajstić information content (AvgIpc) is 2.71. The number of rotatable bonds is 7. The Morgan fingerprint density at radius 1 is 1.10 bits per heavy atom. The van der Waals surface area contributed by atoms with Gasteiger partial charge < -0.3 is 15.2 Å². The highest BCUT2D eigenvalue weighted by Crippen LogP contribution is 2.23. The maximum Gasteiger partial charge on any atom is 0.335 e. The largest absolute Gasteiger partial charge is 0.487 e. The summed E-state index contributed by atoms with van der Waals surface area (Å²) in [7, 11) is 0. The predicted octanol–water partition coefficient (Wildman–Crippen LogP) is 4.25. The molecule has 0 bridgehead atoms. The topological polar surface area (TPSA) is 88.5 Å². The number of hydrogen-bond donors (Lipinski definition) is 2. The molecule has 2 N–H and O–H groups in total. The van der Waals surface area contributed by atoms with Crippen molar-refractivity contribution in [1.82, 2.24) is 10.3 Å². The number of amides is 1. The Labute approximate surface area is 173 Å². The quantitative estimate of drug-likeness (QED) is 0.607. The van der Waals surface area contributed by atoms with E-state index in [0.717, 1.165) is 17.0 Å². The van der Waals surface area contributed by atoms with E-state index in [-0.39, 0.29) is 24.6 Å². The maximum absolute atomic E-state index is 12.5. The Hall–Kier alpha value is -3.38. The van der Waals surface area contributed by atoms with E-state index < -0.39 is 5.97 Å². The highest BCUT2D eigenvalue weighted by Gasteiger charge is 2.12. The molecule has 0 aliphatic heterocycles. The van der Waals surface area contributed by atoms with Crippen LogP contribution in [0.2, 0.25) is 5.02 Å². The third-order valence-electron chi connectivity index (χ3n) is 4.17. The number of carbonyl (C=O) groups excluding carboxylic acids is 1. The van der Waals surface area contributed by atoms with Crippen molar-refractivity contribution in [3.05, 3.63) is 93.8 Å². The highest BCUT2D eigenvalue weighted by molar-refractivity contribution is 6.33. The fourth-order valence-electron chi connectivity index (χ4n) is 2.65. The van der Waals surface area contributed by atoms with E-state index in [9.17, 15) is 9.59 Å². The van der Waals surface area contributed by atoms with Gasteiger partial charge in [0.1, 0.15) is 12.4 Å². The summed E-state index contributed by atoms with van der Waals surface area (Å²) in [4.78, 5) is 27.8. The molecule has 0 spiro atoms. The lowest BCUT2D eigenvalue weighted by Gasteiger charge is -2.11. The van der Waals surface area contributed by atoms with Gasteiger partial charge in [0.2, 0.25) is 0 Å². The molecule has 0 unspecified atom stereocenters. The van der Waals surface area contributed by atoms with Gasteiger partial charge in [0, 0.05) is 12.2 Å². The molecule has 1 aromatic heterocycles. The number of ether oxygens (including phenoxy) is 1. The molecule has 29 heavy (non-hydrogen) atoms. The minimum absolute atomic E-state index is 0.191. The number of hydrogen-bond acceptors (Lipinski definition) is 4. The van der Waals surface area contributed by atoms with Gasteiger partial charge in [-0.25, -0.2) is 4.79 Å². The predicted molar refractivity (Wildman–Crippen MR) is 109 cm³/mol. The number of aromatic carboxylic acids is 1. The van der Waals surface area contributed by atoms with E-state index >= 15 is 0 Å². The number of pyridine rings is 1. The second kappa shape index (κ2) is 9.21. The number of aryl methyl sites for hydroxylation is 1. The SMILES string of the molecule is Cc1cccc(COc2ccc(Cl)c(C(=O)NCc3ccc(C(=O)O)cc3)c2)n1. The Bertz CT molecular complexity index is 1040. The molecule has 0 atom stereocenters. The molecule has 148 valence electrons. The van der Waals surface area contributed by atoms with Crippen molar-refractivity contribution in [3.63, 3.8) is 0 Å². The standard InChI is InChI=1S/C22H19ClN2O4/c1-14-3-2-4-17(25-14)13-29-18-9-10-20(23)19(11-18)21(26)24-12-15-5-7-16(8-6-15)22(27)28/h2-11H,12-13H2,1H3,(H,24,26)(H,27,28). The molecule has 0 saturated heterocycles. The summed E-state index contributed by atoms with van der Waals surface area (Å²) in [6.07, 6.45) is 0. The third-order valence-corrected chi connectivity index (χ3v) is 4.50. The number of carbonyl (C=O) groups is 2. The number of nitrogens with zero attached hydrogens (tertiary/aromatic N) is 1. The summed E-state index contributed by atoms with van der Waals surface area (Å²) in [6, 6.07) is 16.9. The molecule has 0 fully saturated rings. The Kier molecular flexibility index (Phi) is 6.46. The smallest absolute Gasteiger partial charge is 0.335 e. The van der Waals surface area contributed by atoms with Gasteiger partial charge in [-0.3, -0.25) is 9.78 Å². The van der Waals surface area contributed by atoms with Crippen LogP contribution in [0.5, 0.6) is 5.75 Å². The number of benzene rings is 2. The van der Waals surface area contributed by atoms with Crippen LogP contribution < -0.4 is 10.1 Å². The van der Waals surface area contributed by atoms with Crippen LogP contribution in [-0.4, -0.2) is 22.0 Å². The summed E-state index contributed by atoms with van der Waals surface area (Å²) in [5.41, 5.74) is 2.95. The highest BCUT2D eigenvalue weighted by atomic mass is 35.5. The molecule has 7 heteroatoms. The van der Waals surface area contributed by atoms with Crippen LogP contribution in [-0.2, 0) is 13.2 Å². The molecule has 3 aromatic rings. The van der Waals surface area contributed by atoms with E-state index in [1.807, 2.05) is 25.1 Å². The van der Waals surface area contributed by atoms with Crippen molar-refractivity contribution in [2.75, 3.05) is 0 Å². The number of carboxylic acids is 1. The van der Waals surface area contributed by atoms with Crippen LogP contribution in [0, 0.1) is 6.92 Å². The summed E-state index contributed by atoms with van der Waals surface area (Å²) in [5, 5.41) is 12.0. The summed E-state index contributed by atoms with van der Waals surface area (Å²) in [5.74, 6) is -0.838. The molecule has 2 aromatic carbocycles. The van der Waals surface area contributed by atoms with E-state index in [2.05, 4.69) is 10.3 Å². The minimum atomic E-state index is -0.995. The van der Waals surface area contributed by atoms with Gasteiger partial charge in [-0.1, -0.05) is 29.8 Å². The first-order valence-electron chi connectivity index (χ1n) is 8.87. The second-order valence-corrected chi connectivity index (χ2v) is 6.79. The molecule has 0 aliphatic carbocycles. The first-order chi connectivity index (χ1) is 13.9. The van der Waals surface area contributed by atoms with Gasteiger partial charge in [-0.05, 0) is 55.0 Å². The average molecular weight is 411 g/mol. The zero-order valence-corrected chi connectivity index (χ0v) is 16.4. The van der Waals surface area contributed by atoms with Gasteiger partial charge in [-0.2, -0.15) is 0 Å². The van der Waals surface area contributed by atoms with Crippen molar-refractivity contribution < 1.29 is 19.4 Å². The van der Waals surface area contributed by atoms with Crippen LogP contribution in [0.15, 0.2) is 60.7 Å². The first kappa shape index (κ1) is 20.4. The van der Waals surface area contributed by atoms with Crippen LogP contribution in [0.25, 0.3) is 0 Å². The zero-order valence-electron chi connectivity index (χ0n) is 15.7. The molecule has 3 rings (SSSR count). The third kappa shape index (κ3) is 5.56. The molecular formula is C22H19ClN2O4. The van der Waals surface area contributed by atoms with Crippen LogP contribution in [0.1, 0.15) is 37.7 Å². The molecule has 1 heterocycles. The fourth-order valence-corrected chi connectivity index (χ4v) is 2.85. The summed E-state index contributed by atoms with van der Waals surface area (Å²) >= 11 is 6.17. The van der Waals surface area contributed by atoms with Crippen molar-refractivity contribution >= 4 is 23.5 Å². The second-order valence-electron chi connectivity index (χ2n) is 6.39. The van der Waals surface area contributed by atoms with Crippen molar-refractivity contribution in [1.29, 1.82) is 0 Å². The minimum Gasteiger partial charge on any atom is -0.487 e. The van der Waals surface area contributed by atoms with Crippen molar-refractivity contribution in [2.45, 2.75) is 20.1 Å². The Morgan fingerprint density at radius 3 is 2.55 bits per heavy atom. The number of nitrogens with one attached hydrogen (secondary N) is 1. The Morgan fingerprint density at radius 2 is 1.86 bits per heavy atom. The molecule has 6 nitrogen and oxygen atoms in total. The number of aromatic nitrogens is 1. The van der Waals surface area contributed by atoms with Crippen LogP contribution >= 0.6 is 11.6 Å². The molecular weight excluding hydrogens is 392 g/mol. The molecule has 0 radical (unpaired) electrons. The fraction of sp³-hybridized carbons (Fsp3) is 0.136. The first-order valence-corrected chi connectivity index (χ1v) is 9.25. The number of halogens is 1. The monoisotopic (exact) mass is 410 g/mol. The molecule has 0 saturated carbocycles. The lowest BCUT2D eigenvalue weighted by molar-refractivity contribution is 0.0696. The normalized spacial score (nSPS) is 10.4. The molecule has 1 amide bonds. The summed E-state index contributed by atoms with van der Waals surface area (Å²) in [6.45, 7) is 2.43. The number of carboxylic acid groups (broad SMARTS) is 1. The van der Waals surface area contributed by atoms with Crippen molar-refractivity contribution in [3.8, 4) is 5.75 Å². The van der Waals surface area contributed by atoms with Gasteiger partial charge in [0.05, 0.1) is 21.8 Å². The van der Waals surface area contributed by atoms with Crippen LogP contribution in [0.4, 0.5) is 0 Å². The van der Waals surface area contributed by atoms with Gasteiger partial charge in [0.25, 0.3) is 5.91 Å². The zero-order chi connectivity index (χ0) is 20.8. The van der Waals surface area contributed by atoms with E-state index in [1.54, 1.807) is 30.3 Å². The van der Waals surface area contributed by atoms with Gasteiger partial charge in [0.15, 0.2) is 0 Å². The van der Waals surface area contributed by atoms with E-state index in [1.165, 1.54) is 12.1 Å².